The highest BCUT2D eigenvalue weighted by Gasteiger charge is 2.48. The van der Waals surface area contributed by atoms with Gasteiger partial charge in [-0.1, -0.05) is 30.3 Å². The smallest absolute Gasteiger partial charge is 0.448 e. The lowest BCUT2D eigenvalue weighted by Gasteiger charge is -2.36. The molecule has 0 aliphatic carbocycles. The fraction of sp³-hybridized carbons (Fsp3) is 0.500. The lowest BCUT2D eigenvalue weighted by Crippen LogP contribution is -2.45. The normalized spacial score (nSPS) is 21.3. The van der Waals surface area contributed by atoms with Crippen molar-refractivity contribution in [2.45, 2.75) is 25.8 Å². The van der Waals surface area contributed by atoms with Crippen LogP contribution in [0.4, 0.5) is 4.79 Å². The van der Waals surface area contributed by atoms with Crippen LogP contribution in [0.5, 0.6) is 0 Å². The molecule has 1 amide bonds. The molecule has 6 nitrogen and oxygen atoms in total. The first-order valence-electron chi connectivity index (χ1n) is 7.58. The fourth-order valence-electron chi connectivity index (χ4n) is 3.43. The average molecular weight is 304 g/mol. The van der Waals surface area contributed by atoms with Crippen molar-refractivity contribution in [3.05, 3.63) is 35.9 Å². The molecule has 3 rings (SSSR count). The van der Waals surface area contributed by atoms with E-state index in [1.807, 2.05) is 35.2 Å². The zero-order chi connectivity index (χ0) is 15.6. The number of likely N-dealkylation sites (tertiary alicyclic amines) is 1. The van der Waals surface area contributed by atoms with Gasteiger partial charge < -0.3 is 14.8 Å². The SMILES string of the molecule is O=C(O)ON1CCC2(CC1)CCN(Cc1ccccc1)C2=O. The van der Waals surface area contributed by atoms with Crippen molar-refractivity contribution < 1.29 is 19.5 Å². The minimum absolute atomic E-state index is 0.200. The van der Waals surface area contributed by atoms with Crippen molar-refractivity contribution in [2.24, 2.45) is 5.41 Å². The van der Waals surface area contributed by atoms with Crippen LogP contribution >= 0.6 is 0 Å². The average Bonchev–Trinajstić information content (AvgIpc) is 2.80. The molecule has 2 saturated heterocycles. The van der Waals surface area contributed by atoms with Crippen LogP contribution in [0.3, 0.4) is 0 Å². The molecule has 0 unspecified atom stereocenters. The quantitative estimate of drug-likeness (QED) is 0.926. The van der Waals surface area contributed by atoms with Gasteiger partial charge in [0, 0.05) is 26.2 Å². The molecular weight excluding hydrogens is 284 g/mol. The maximum absolute atomic E-state index is 12.8. The molecule has 1 aromatic rings. The summed E-state index contributed by atoms with van der Waals surface area (Å²) in [6.07, 6.45) is 0.869. The number of carbonyl (C=O) groups excluding carboxylic acids is 1. The van der Waals surface area contributed by atoms with Crippen LogP contribution in [0.1, 0.15) is 24.8 Å². The van der Waals surface area contributed by atoms with E-state index in [0.717, 1.165) is 18.5 Å². The standard InChI is InChI=1S/C16H20N2O4/c19-14-16(7-10-18(11-8-16)22-15(20)21)6-9-17(14)12-13-4-2-1-3-5-13/h1-5H,6-12H2,(H,20,21). The van der Waals surface area contributed by atoms with Crippen LogP contribution in [-0.4, -0.2) is 46.8 Å². The third-order valence-corrected chi connectivity index (χ3v) is 4.70. The van der Waals surface area contributed by atoms with Crippen molar-refractivity contribution in [2.75, 3.05) is 19.6 Å². The van der Waals surface area contributed by atoms with E-state index in [-0.39, 0.29) is 11.3 Å². The summed E-state index contributed by atoms with van der Waals surface area (Å²) in [5.74, 6) is 0.200. The summed E-state index contributed by atoms with van der Waals surface area (Å²) >= 11 is 0. The van der Waals surface area contributed by atoms with Crippen molar-refractivity contribution in [3.63, 3.8) is 0 Å². The molecule has 0 aromatic heterocycles. The van der Waals surface area contributed by atoms with Crippen molar-refractivity contribution in [1.82, 2.24) is 9.96 Å². The van der Waals surface area contributed by atoms with Crippen LogP contribution in [0.15, 0.2) is 30.3 Å². The van der Waals surface area contributed by atoms with Gasteiger partial charge in [0.05, 0.1) is 5.41 Å². The Bertz CT molecular complexity index is 553. The van der Waals surface area contributed by atoms with E-state index in [2.05, 4.69) is 4.84 Å². The Morgan fingerprint density at radius 2 is 1.77 bits per heavy atom. The monoisotopic (exact) mass is 304 g/mol. The van der Waals surface area contributed by atoms with Crippen LogP contribution < -0.4 is 0 Å². The van der Waals surface area contributed by atoms with Gasteiger partial charge >= 0.3 is 6.16 Å². The molecular formula is C16H20N2O4. The summed E-state index contributed by atoms with van der Waals surface area (Å²) < 4.78 is 0. The molecule has 0 bridgehead atoms. The van der Waals surface area contributed by atoms with Gasteiger partial charge in [0.2, 0.25) is 5.91 Å². The molecule has 2 fully saturated rings. The number of nitrogens with zero attached hydrogens (tertiary/aromatic N) is 2. The highest BCUT2D eigenvalue weighted by Crippen LogP contribution is 2.42. The zero-order valence-electron chi connectivity index (χ0n) is 12.4. The maximum Gasteiger partial charge on any atom is 0.525 e. The van der Waals surface area contributed by atoms with Gasteiger partial charge in [0.25, 0.3) is 0 Å². The fourth-order valence-corrected chi connectivity index (χ4v) is 3.43. The summed E-state index contributed by atoms with van der Waals surface area (Å²) in [7, 11) is 0. The molecule has 1 N–H and O–H groups in total. The van der Waals surface area contributed by atoms with Crippen molar-refractivity contribution in [1.29, 1.82) is 0 Å². The number of rotatable bonds is 3. The summed E-state index contributed by atoms with van der Waals surface area (Å²) in [6.45, 7) is 2.39. The van der Waals surface area contributed by atoms with Crippen LogP contribution in [-0.2, 0) is 16.2 Å². The molecule has 2 aliphatic heterocycles. The third kappa shape index (κ3) is 2.92. The minimum Gasteiger partial charge on any atom is -0.448 e. The van der Waals surface area contributed by atoms with Gasteiger partial charge in [-0.25, -0.2) is 4.79 Å². The lowest BCUT2D eigenvalue weighted by molar-refractivity contribution is -0.158. The number of hydrogen-bond acceptors (Lipinski definition) is 4. The van der Waals surface area contributed by atoms with E-state index in [0.29, 0.717) is 32.5 Å². The number of amides is 1. The molecule has 118 valence electrons. The largest absolute Gasteiger partial charge is 0.525 e. The van der Waals surface area contributed by atoms with Gasteiger partial charge in [-0.05, 0) is 24.8 Å². The summed E-state index contributed by atoms with van der Waals surface area (Å²) in [4.78, 5) is 29.9. The maximum atomic E-state index is 12.8. The Morgan fingerprint density at radius 1 is 1.14 bits per heavy atom. The predicted octanol–water partition coefficient (Wildman–Crippen LogP) is 2.11. The third-order valence-electron chi connectivity index (χ3n) is 4.70. The summed E-state index contributed by atoms with van der Waals surface area (Å²) in [5.41, 5.74) is 0.812. The Morgan fingerprint density at radius 3 is 2.41 bits per heavy atom. The van der Waals surface area contributed by atoms with E-state index in [1.165, 1.54) is 5.06 Å². The van der Waals surface area contributed by atoms with E-state index in [9.17, 15) is 9.59 Å². The van der Waals surface area contributed by atoms with Gasteiger partial charge in [-0.3, -0.25) is 4.79 Å². The molecule has 2 aliphatic rings. The van der Waals surface area contributed by atoms with Crippen molar-refractivity contribution in [3.8, 4) is 0 Å². The van der Waals surface area contributed by atoms with Gasteiger partial charge in [-0.2, -0.15) is 0 Å². The highest BCUT2D eigenvalue weighted by atomic mass is 16.8. The molecule has 1 spiro atoms. The summed E-state index contributed by atoms with van der Waals surface area (Å²) in [5, 5.41) is 10.1. The van der Waals surface area contributed by atoms with E-state index in [4.69, 9.17) is 5.11 Å². The second-order valence-corrected chi connectivity index (χ2v) is 6.03. The van der Waals surface area contributed by atoms with Crippen LogP contribution in [0.25, 0.3) is 0 Å². The number of carbonyl (C=O) groups is 2. The molecule has 22 heavy (non-hydrogen) atoms. The molecule has 2 heterocycles. The topological polar surface area (TPSA) is 70.1 Å². The number of benzene rings is 1. The first-order valence-corrected chi connectivity index (χ1v) is 7.58. The molecule has 1 aromatic carbocycles. The predicted molar refractivity (Wildman–Crippen MR) is 78.8 cm³/mol. The number of piperidine rings is 1. The Balaban J connectivity index is 1.61. The zero-order valence-corrected chi connectivity index (χ0v) is 12.4. The second kappa shape index (κ2) is 5.96. The van der Waals surface area contributed by atoms with Gasteiger partial charge in [0.15, 0.2) is 0 Å². The molecule has 0 atom stereocenters. The highest BCUT2D eigenvalue weighted by molar-refractivity contribution is 5.85. The van der Waals surface area contributed by atoms with E-state index < -0.39 is 6.16 Å². The number of hydrogen-bond donors (Lipinski definition) is 1. The Labute approximate surface area is 129 Å². The number of hydroxylamine groups is 2. The Kier molecular flexibility index (Phi) is 4.02. The van der Waals surface area contributed by atoms with Crippen LogP contribution in [0, 0.1) is 5.41 Å². The van der Waals surface area contributed by atoms with E-state index in [1.54, 1.807) is 0 Å². The van der Waals surface area contributed by atoms with Crippen molar-refractivity contribution >= 4 is 12.1 Å². The molecule has 6 heteroatoms. The van der Waals surface area contributed by atoms with Gasteiger partial charge in [0.1, 0.15) is 0 Å². The summed E-state index contributed by atoms with van der Waals surface area (Å²) in [6, 6.07) is 9.98. The Hall–Kier alpha value is -2.08. The number of carboxylic acid groups (broad SMARTS) is 1. The molecule has 0 radical (unpaired) electrons. The molecule has 0 saturated carbocycles. The minimum atomic E-state index is -1.29. The first kappa shape index (κ1) is 14.8. The van der Waals surface area contributed by atoms with Crippen LogP contribution in [0.2, 0.25) is 0 Å². The second-order valence-electron chi connectivity index (χ2n) is 6.03. The van der Waals surface area contributed by atoms with Gasteiger partial charge in [-0.15, -0.1) is 5.06 Å². The first-order chi connectivity index (χ1) is 10.6. The van der Waals surface area contributed by atoms with E-state index >= 15 is 0 Å². The lowest BCUT2D eigenvalue weighted by atomic mass is 9.77.